The topological polar surface area (TPSA) is 78.5 Å². The fourth-order valence-electron chi connectivity index (χ4n) is 2.69. The van der Waals surface area contributed by atoms with Crippen molar-refractivity contribution in [3.63, 3.8) is 0 Å². The molecule has 24 heavy (non-hydrogen) atoms. The van der Waals surface area contributed by atoms with Crippen molar-refractivity contribution in [1.82, 2.24) is 10.2 Å². The molecule has 4 amide bonds. The van der Waals surface area contributed by atoms with Crippen LogP contribution in [0.2, 0.25) is 0 Å². The number of imide groups is 1. The van der Waals surface area contributed by atoms with Crippen molar-refractivity contribution in [3.8, 4) is 0 Å². The van der Waals surface area contributed by atoms with Crippen LogP contribution in [0.25, 0.3) is 0 Å². The predicted octanol–water partition coefficient (Wildman–Crippen LogP) is 2.69. The van der Waals surface area contributed by atoms with Gasteiger partial charge < -0.3 is 10.6 Å². The van der Waals surface area contributed by atoms with Gasteiger partial charge in [0.05, 0.1) is 0 Å². The lowest BCUT2D eigenvalue weighted by Crippen LogP contribution is -2.40. The molecule has 2 N–H and O–H groups in total. The van der Waals surface area contributed by atoms with E-state index >= 15 is 0 Å². The molecule has 1 aliphatic rings. The second-order valence-electron chi connectivity index (χ2n) is 6.61. The maximum atomic E-state index is 12.0. The molecule has 6 heteroatoms. The van der Waals surface area contributed by atoms with Gasteiger partial charge in [0.2, 0.25) is 5.91 Å². The molecule has 2 rings (SSSR count). The first-order valence-electron chi connectivity index (χ1n) is 8.36. The van der Waals surface area contributed by atoms with E-state index in [-0.39, 0.29) is 24.8 Å². The molecule has 130 valence electrons. The first-order valence-corrected chi connectivity index (χ1v) is 8.36. The molecular weight excluding hydrogens is 306 g/mol. The van der Waals surface area contributed by atoms with Crippen LogP contribution < -0.4 is 10.6 Å². The minimum absolute atomic E-state index is 0.121. The second kappa shape index (κ2) is 7.47. The number of hydrogen-bond donors (Lipinski definition) is 2. The highest BCUT2D eigenvalue weighted by molar-refractivity contribution is 6.06. The highest BCUT2D eigenvalue weighted by Gasteiger charge is 2.43. The fraction of sp³-hybridized carbons (Fsp3) is 0.500. The maximum Gasteiger partial charge on any atom is 0.325 e. The van der Waals surface area contributed by atoms with Crippen molar-refractivity contribution in [2.24, 2.45) is 0 Å². The van der Waals surface area contributed by atoms with Gasteiger partial charge >= 0.3 is 6.03 Å². The number of benzene rings is 1. The fourth-order valence-corrected chi connectivity index (χ4v) is 2.69. The van der Waals surface area contributed by atoms with Crippen LogP contribution >= 0.6 is 0 Å². The summed E-state index contributed by atoms with van der Waals surface area (Å²) in [6.07, 6.45) is 2.81. The van der Waals surface area contributed by atoms with Crippen molar-refractivity contribution in [2.45, 2.75) is 52.0 Å². The number of carbonyl (C=O) groups is 3. The number of anilines is 1. The number of nitrogens with zero attached hydrogens (tertiary/aromatic N) is 1. The summed E-state index contributed by atoms with van der Waals surface area (Å²) in [6, 6.07) is 7.41. The minimum atomic E-state index is -0.862. The lowest BCUT2D eigenvalue weighted by Gasteiger charge is -2.15. The first-order chi connectivity index (χ1) is 11.3. The standard InChI is InChI=1S/C18H25N3O3/c1-4-6-13-8-10-14(11-9-13)19-15(22)7-5-12-21-16(23)18(2,3)20-17(21)24/h8-11H,4-7,12H2,1-3H3,(H,19,22)(H,20,24). The molecule has 6 nitrogen and oxygen atoms in total. The van der Waals surface area contributed by atoms with Gasteiger partial charge in [-0.2, -0.15) is 0 Å². The molecule has 0 aromatic heterocycles. The van der Waals surface area contributed by atoms with Crippen molar-refractivity contribution in [1.29, 1.82) is 0 Å². The van der Waals surface area contributed by atoms with Gasteiger partial charge in [0.1, 0.15) is 5.54 Å². The Morgan fingerprint density at radius 1 is 1.21 bits per heavy atom. The zero-order valence-corrected chi connectivity index (χ0v) is 14.5. The van der Waals surface area contributed by atoms with Gasteiger partial charge in [0.15, 0.2) is 0 Å². The predicted molar refractivity (Wildman–Crippen MR) is 92.6 cm³/mol. The molecule has 0 radical (unpaired) electrons. The number of rotatable bonds is 7. The largest absolute Gasteiger partial charge is 0.326 e. The number of carbonyl (C=O) groups excluding carboxylic acids is 3. The maximum absolute atomic E-state index is 12.0. The zero-order chi connectivity index (χ0) is 17.7. The molecule has 1 aliphatic heterocycles. The van der Waals surface area contributed by atoms with E-state index in [0.29, 0.717) is 6.42 Å². The van der Waals surface area contributed by atoms with Crippen LogP contribution in [0.1, 0.15) is 45.6 Å². The van der Waals surface area contributed by atoms with E-state index in [0.717, 1.165) is 18.5 Å². The third kappa shape index (κ3) is 4.34. The average Bonchev–Trinajstić information content (AvgIpc) is 2.71. The second-order valence-corrected chi connectivity index (χ2v) is 6.61. The van der Waals surface area contributed by atoms with Crippen LogP contribution in [0, 0.1) is 0 Å². The lowest BCUT2D eigenvalue weighted by atomic mass is 10.1. The molecule has 1 saturated heterocycles. The monoisotopic (exact) mass is 331 g/mol. The van der Waals surface area contributed by atoms with Crippen LogP contribution in [0.4, 0.5) is 10.5 Å². The molecule has 0 aliphatic carbocycles. The molecule has 0 saturated carbocycles. The van der Waals surface area contributed by atoms with E-state index in [9.17, 15) is 14.4 Å². The number of nitrogens with one attached hydrogen (secondary N) is 2. The highest BCUT2D eigenvalue weighted by Crippen LogP contribution is 2.17. The molecule has 0 spiro atoms. The quantitative estimate of drug-likeness (QED) is 0.754. The number of aryl methyl sites for hydroxylation is 1. The third-order valence-corrected chi connectivity index (χ3v) is 4.01. The lowest BCUT2D eigenvalue weighted by molar-refractivity contribution is -0.130. The summed E-state index contributed by atoms with van der Waals surface area (Å²) in [5.74, 6) is -0.371. The summed E-state index contributed by atoms with van der Waals surface area (Å²) < 4.78 is 0. The molecule has 1 aromatic carbocycles. The summed E-state index contributed by atoms with van der Waals surface area (Å²) in [5, 5.41) is 5.46. The van der Waals surface area contributed by atoms with E-state index in [1.807, 2.05) is 24.3 Å². The molecule has 0 bridgehead atoms. The zero-order valence-electron chi connectivity index (χ0n) is 14.5. The van der Waals surface area contributed by atoms with E-state index < -0.39 is 11.6 Å². The van der Waals surface area contributed by atoms with Gasteiger partial charge in [-0.1, -0.05) is 25.5 Å². The van der Waals surface area contributed by atoms with Crippen molar-refractivity contribution in [2.75, 3.05) is 11.9 Å². The Kier molecular flexibility index (Phi) is 5.59. The molecular formula is C18H25N3O3. The van der Waals surface area contributed by atoms with Crippen LogP contribution in [0.3, 0.4) is 0 Å². The molecule has 1 aromatic rings. The van der Waals surface area contributed by atoms with Crippen LogP contribution in [0.5, 0.6) is 0 Å². The van der Waals surface area contributed by atoms with Crippen LogP contribution in [-0.2, 0) is 16.0 Å². The van der Waals surface area contributed by atoms with Crippen LogP contribution in [-0.4, -0.2) is 34.8 Å². The summed E-state index contributed by atoms with van der Waals surface area (Å²) in [6.45, 7) is 5.71. The Hall–Kier alpha value is -2.37. The van der Waals surface area contributed by atoms with Crippen molar-refractivity contribution >= 4 is 23.5 Å². The van der Waals surface area contributed by atoms with Gasteiger partial charge in [-0.15, -0.1) is 0 Å². The SMILES string of the molecule is CCCc1ccc(NC(=O)CCCN2C(=O)NC(C)(C)C2=O)cc1. The van der Waals surface area contributed by atoms with Crippen molar-refractivity contribution < 1.29 is 14.4 Å². The van der Waals surface area contributed by atoms with Gasteiger partial charge in [0.25, 0.3) is 5.91 Å². The van der Waals surface area contributed by atoms with Crippen LogP contribution in [0.15, 0.2) is 24.3 Å². The van der Waals surface area contributed by atoms with Gasteiger partial charge in [-0.05, 0) is 44.4 Å². The minimum Gasteiger partial charge on any atom is -0.326 e. The van der Waals surface area contributed by atoms with Gasteiger partial charge in [-0.25, -0.2) is 4.79 Å². The summed E-state index contributed by atoms with van der Waals surface area (Å²) in [7, 11) is 0. The average molecular weight is 331 g/mol. The van der Waals surface area contributed by atoms with Gasteiger partial charge in [-0.3, -0.25) is 14.5 Å². The van der Waals surface area contributed by atoms with E-state index in [1.165, 1.54) is 10.5 Å². The molecule has 0 unspecified atom stereocenters. The van der Waals surface area contributed by atoms with E-state index in [4.69, 9.17) is 0 Å². The summed E-state index contributed by atoms with van der Waals surface area (Å²) in [4.78, 5) is 36.9. The Morgan fingerprint density at radius 2 is 1.88 bits per heavy atom. The Morgan fingerprint density at radius 3 is 2.42 bits per heavy atom. The molecule has 1 fully saturated rings. The highest BCUT2D eigenvalue weighted by atomic mass is 16.2. The van der Waals surface area contributed by atoms with Gasteiger partial charge in [0, 0.05) is 18.7 Å². The third-order valence-electron chi connectivity index (χ3n) is 4.01. The smallest absolute Gasteiger partial charge is 0.325 e. The molecule has 1 heterocycles. The Balaban J connectivity index is 1.77. The van der Waals surface area contributed by atoms with Crippen molar-refractivity contribution in [3.05, 3.63) is 29.8 Å². The number of hydrogen-bond acceptors (Lipinski definition) is 3. The number of urea groups is 1. The summed E-state index contributed by atoms with van der Waals surface area (Å²) >= 11 is 0. The number of amides is 4. The Labute approximate surface area is 142 Å². The normalized spacial score (nSPS) is 16.2. The van der Waals surface area contributed by atoms with E-state index in [1.54, 1.807) is 13.8 Å². The Bertz CT molecular complexity index is 623. The molecule has 0 atom stereocenters. The first kappa shape index (κ1) is 18.0. The van der Waals surface area contributed by atoms with E-state index in [2.05, 4.69) is 17.6 Å². The summed E-state index contributed by atoms with van der Waals surface area (Å²) in [5.41, 5.74) is 1.15.